The number of nitrogen functional groups attached to an aromatic ring is 1. The minimum Gasteiger partial charge on any atom is -0.383 e. The molecule has 3 heterocycles. The number of aldehydes is 1. The number of pyridine rings is 2. The van der Waals surface area contributed by atoms with E-state index in [1.54, 1.807) is 6.20 Å². The van der Waals surface area contributed by atoms with Crippen LogP contribution < -0.4 is 10.6 Å². The van der Waals surface area contributed by atoms with Crippen LogP contribution in [0.3, 0.4) is 0 Å². The second-order valence-electron chi connectivity index (χ2n) is 8.50. The molecular formula is C25H25Cl2FN4O. The topological polar surface area (TPSA) is 72.1 Å². The highest BCUT2D eigenvalue weighted by molar-refractivity contribution is 6.36. The fourth-order valence-electron chi connectivity index (χ4n) is 4.28. The maximum atomic E-state index is 14.0. The first-order chi connectivity index (χ1) is 15.9. The van der Waals surface area contributed by atoms with Gasteiger partial charge in [0.1, 0.15) is 23.7 Å². The maximum absolute atomic E-state index is 14.0. The number of aromatic nitrogens is 2. The first kappa shape index (κ1) is 23.5. The van der Waals surface area contributed by atoms with Gasteiger partial charge in [-0.25, -0.2) is 14.4 Å². The summed E-state index contributed by atoms with van der Waals surface area (Å²) in [6.07, 6.45) is 6.81. The molecule has 2 N–H and O–H groups in total. The van der Waals surface area contributed by atoms with Crippen LogP contribution in [0, 0.1) is 11.7 Å². The molecule has 0 amide bonds. The summed E-state index contributed by atoms with van der Waals surface area (Å²) in [4.78, 5) is 22.2. The molecule has 5 nitrogen and oxygen atoms in total. The van der Waals surface area contributed by atoms with Gasteiger partial charge in [0.05, 0.1) is 5.02 Å². The molecule has 33 heavy (non-hydrogen) atoms. The van der Waals surface area contributed by atoms with E-state index in [0.29, 0.717) is 22.8 Å². The molecule has 8 heteroatoms. The van der Waals surface area contributed by atoms with E-state index in [1.165, 1.54) is 12.1 Å². The van der Waals surface area contributed by atoms with Crippen LogP contribution in [0.4, 0.5) is 16.0 Å². The number of benzene rings is 1. The summed E-state index contributed by atoms with van der Waals surface area (Å²) >= 11 is 12.5. The lowest BCUT2D eigenvalue weighted by molar-refractivity contribution is -0.111. The number of carbonyl (C=O) groups is 1. The Bertz CT molecular complexity index is 1150. The van der Waals surface area contributed by atoms with Crippen LogP contribution in [0.25, 0.3) is 11.1 Å². The molecule has 0 bridgehead atoms. The van der Waals surface area contributed by atoms with Crippen LogP contribution in [0.1, 0.15) is 36.8 Å². The third kappa shape index (κ3) is 5.12. The monoisotopic (exact) mass is 486 g/mol. The number of anilines is 2. The SMILES string of the molecule is CC(Cc1cc(-c2ccc(N3CCC(C=O)CC3)nc2)cnc1N)c1c(Cl)ccc(F)c1Cl. The molecule has 1 aromatic carbocycles. The Labute approximate surface area is 202 Å². The molecule has 3 aromatic rings. The largest absolute Gasteiger partial charge is 0.383 e. The second kappa shape index (κ2) is 10.1. The van der Waals surface area contributed by atoms with Crippen LogP contribution >= 0.6 is 23.2 Å². The molecule has 172 valence electrons. The quantitative estimate of drug-likeness (QED) is 0.345. The Hall–Kier alpha value is -2.70. The van der Waals surface area contributed by atoms with Crippen molar-refractivity contribution in [3.8, 4) is 11.1 Å². The zero-order valence-corrected chi connectivity index (χ0v) is 19.8. The molecule has 4 rings (SSSR count). The molecule has 0 radical (unpaired) electrons. The van der Waals surface area contributed by atoms with Gasteiger partial charge in [-0.3, -0.25) is 0 Å². The van der Waals surface area contributed by atoms with Gasteiger partial charge in [0.2, 0.25) is 0 Å². The van der Waals surface area contributed by atoms with Crippen LogP contribution in [0.15, 0.2) is 42.7 Å². The van der Waals surface area contributed by atoms with Crippen molar-refractivity contribution in [2.75, 3.05) is 23.7 Å². The van der Waals surface area contributed by atoms with E-state index in [2.05, 4.69) is 14.9 Å². The Morgan fingerprint density at radius 1 is 1.15 bits per heavy atom. The molecule has 1 aliphatic rings. The summed E-state index contributed by atoms with van der Waals surface area (Å²) in [5, 5.41) is 0.461. The summed E-state index contributed by atoms with van der Waals surface area (Å²) in [6, 6.07) is 8.75. The van der Waals surface area contributed by atoms with E-state index < -0.39 is 5.82 Å². The number of piperidine rings is 1. The van der Waals surface area contributed by atoms with Crippen molar-refractivity contribution in [3.63, 3.8) is 0 Å². The fourth-order valence-corrected chi connectivity index (χ4v) is 5.02. The van der Waals surface area contributed by atoms with Gasteiger partial charge >= 0.3 is 0 Å². The van der Waals surface area contributed by atoms with E-state index in [4.69, 9.17) is 28.9 Å². The van der Waals surface area contributed by atoms with E-state index in [9.17, 15) is 9.18 Å². The molecule has 1 saturated heterocycles. The first-order valence-corrected chi connectivity index (χ1v) is 11.7. The highest BCUT2D eigenvalue weighted by Gasteiger charge is 2.21. The van der Waals surface area contributed by atoms with Crippen molar-refractivity contribution in [1.82, 2.24) is 9.97 Å². The summed E-state index contributed by atoms with van der Waals surface area (Å²) in [7, 11) is 0. The van der Waals surface area contributed by atoms with Gasteiger partial charge in [0.15, 0.2) is 0 Å². The molecule has 1 unspecified atom stereocenters. The number of nitrogens with zero attached hydrogens (tertiary/aromatic N) is 3. The summed E-state index contributed by atoms with van der Waals surface area (Å²) < 4.78 is 14.0. The lowest BCUT2D eigenvalue weighted by Gasteiger charge is -2.30. The standard InChI is InChI=1S/C25H25Cl2FN4O/c1-15(23-20(26)3-4-21(28)24(23)27)10-18-11-19(13-31-25(18)29)17-2-5-22(30-12-17)32-8-6-16(14-33)7-9-32/h2-5,11-16H,6-10H2,1H3,(H2,29,31). The Kier molecular flexibility index (Phi) is 7.15. The lowest BCUT2D eigenvalue weighted by Crippen LogP contribution is -2.34. The molecule has 2 aromatic heterocycles. The van der Waals surface area contributed by atoms with Gasteiger partial charge in [0.25, 0.3) is 0 Å². The van der Waals surface area contributed by atoms with Gasteiger partial charge in [-0.1, -0.05) is 30.1 Å². The van der Waals surface area contributed by atoms with Crippen LogP contribution in [0.5, 0.6) is 0 Å². The van der Waals surface area contributed by atoms with Gasteiger partial charge in [-0.2, -0.15) is 0 Å². The van der Waals surface area contributed by atoms with Gasteiger partial charge in [0, 0.05) is 47.6 Å². The third-order valence-corrected chi connectivity index (χ3v) is 6.95. The van der Waals surface area contributed by atoms with Crippen LogP contribution in [-0.4, -0.2) is 29.3 Å². The zero-order valence-electron chi connectivity index (χ0n) is 18.3. The minimum absolute atomic E-state index is 0.0367. The average Bonchev–Trinajstić information content (AvgIpc) is 2.83. The fraction of sp³-hybridized carbons (Fsp3) is 0.320. The Morgan fingerprint density at radius 2 is 1.88 bits per heavy atom. The summed E-state index contributed by atoms with van der Waals surface area (Å²) in [5.74, 6) is 0.811. The van der Waals surface area contributed by atoms with Crippen molar-refractivity contribution in [2.24, 2.45) is 5.92 Å². The first-order valence-electron chi connectivity index (χ1n) is 10.9. The molecule has 1 fully saturated rings. The van der Waals surface area contributed by atoms with E-state index in [0.717, 1.165) is 54.7 Å². The highest BCUT2D eigenvalue weighted by Crippen LogP contribution is 2.36. The summed E-state index contributed by atoms with van der Waals surface area (Å²) in [6.45, 7) is 3.58. The number of hydrogen-bond acceptors (Lipinski definition) is 5. The predicted molar refractivity (Wildman–Crippen MR) is 131 cm³/mol. The highest BCUT2D eigenvalue weighted by atomic mass is 35.5. The van der Waals surface area contributed by atoms with Crippen LogP contribution in [-0.2, 0) is 11.2 Å². The normalized spacial score (nSPS) is 15.5. The Balaban J connectivity index is 1.53. The van der Waals surface area contributed by atoms with Gasteiger partial charge < -0.3 is 15.4 Å². The summed E-state index contributed by atoms with van der Waals surface area (Å²) in [5.41, 5.74) is 9.35. The van der Waals surface area contributed by atoms with Gasteiger partial charge in [-0.15, -0.1) is 0 Å². The number of nitrogens with two attached hydrogens (primary N) is 1. The van der Waals surface area contributed by atoms with Crippen molar-refractivity contribution < 1.29 is 9.18 Å². The Morgan fingerprint density at radius 3 is 2.55 bits per heavy atom. The minimum atomic E-state index is -0.496. The zero-order chi connectivity index (χ0) is 23.5. The van der Waals surface area contributed by atoms with E-state index in [-0.39, 0.29) is 16.9 Å². The van der Waals surface area contributed by atoms with Crippen molar-refractivity contribution in [1.29, 1.82) is 0 Å². The molecule has 1 aliphatic heterocycles. The van der Waals surface area contributed by atoms with Crippen LogP contribution in [0.2, 0.25) is 10.0 Å². The van der Waals surface area contributed by atoms with Crippen molar-refractivity contribution >= 4 is 41.1 Å². The lowest BCUT2D eigenvalue weighted by atomic mass is 9.92. The van der Waals surface area contributed by atoms with E-state index >= 15 is 0 Å². The van der Waals surface area contributed by atoms with E-state index in [1.807, 2.05) is 31.3 Å². The second-order valence-corrected chi connectivity index (χ2v) is 9.28. The van der Waals surface area contributed by atoms with Crippen molar-refractivity contribution in [3.05, 3.63) is 69.7 Å². The number of rotatable bonds is 6. The number of hydrogen-bond donors (Lipinski definition) is 1. The molecule has 0 spiro atoms. The molecule has 1 atom stereocenters. The smallest absolute Gasteiger partial charge is 0.142 e. The third-order valence-electron chi connectivity index (χ3n) is 6.24. The number of halogens is 3. The van der Waals surface area contributed by atoms with Gasteiger partial charge in [-0.05, 0) is 66.6 Å². The van der Waals surface area contributed by atoms with Crippen molar-refractivity contribution in [2.45, 2.75) is 32.1 Å². The predicted octanol–water partition coefficient (Wildman–Crippen LogP) is 5.93. The average molecular weight is 487 g/mol. The molecule has 0 saturated carbocycles. The molecule has 0 aliphatic carbocycles. The maximum Gasteiger partial charge on any atom is 0.142 e. The number of carbonyl (C=O) groups excluding carboxylic acids is 1. The molecular weight excluding hydrogens is 462 g/mol.